The maximum Gasteiger partial charge on any atom is 0.252 e. The van der Waals surface area contributed by atoms with E-state index in [0.29, 0.717) is 13.0 Å². The summed E-state index contributed by atoms with van der Waals surface area (Å²) >= 11 is 0. The van der Waals surface area contributed by atoms with Crippen molar-refractivity contribution in [2.24, 2.45) is 0 Å². The molecule has 0 spiro atoms. The second kappa shape index (κ2) is 15.7. The molecule has 2 heterocycles. The van der Waals surface area contributed by atoms with Crippen LogP contribution in [0.25, 0.3) is 0 Å². The number of rotatable bonds is 12. The van der Waals surface area contributed by atoms with Crippen molar-refractivity contribution in [3.05, 3.63) is 51.6 Å². The number of ketones is 3. The minimum Gasteiger partial charge on any atom is -0.507 e. The fourth-order valence-corrected chi connectivity index (χ4v) is 7.96. The van der Waals surface area contributed by atoms with Crippen LogP contribution in [0.3, 0.4) is 0 Å². The molecule has 2 aromatic rings. The van der Waals surface area contributed by atoms with Crippen LogP contribution in [0.4, 0.5) is 0 Å². The van der Waals surface area contributed by atoms with E-state index in [0.717, 1.165) is 6.92 Å². The van der Waals surface area contributed by atoms with Crippen molar-refractivity contribution in [3.8, 4) is 17.2 Å². The standard InChI is InChI=1S/C38H49N3O15/c1-16-28(43)20(40-15-38(52)35(49)33(48)34(56-38)36(50)39-10-7-11-41(3)4)12-23(54-16)55-22-14-37(51,17(2)42)13-19-25(22)32(47)27-26(30(19)45)29(44)18-8-6-9-21(53-5)24(18)31(27)46/h6,8-9,16,20,22-23,28,33-35,40,43,45,47-49,51-52H,7,10-15H2,1-5H3,(H,39,50). The number of nitrogens with one attached hydrogen (secondary N) is 2. The quantitative estimate of drug-likeness (QED) is 0.0749. The predicted molar refractivity (Wildman–Crippen MR) is 192 cm³/mol. The average molecular weight is 788 g/mol. The summed E-state index contributed by atoms with van der Waals surface area (Å²) in [4.78, 5) is 55.2. The molecule has 10 atom stereocenters. The molecule has 10 unspecified atom stereocenters. The van der Waals surface area contributed by atoms with Gasteiger partial charge in [-0.15, -0.1) is 0 Å². The van der Waals surface area contributed by atoms with E-state index in [9.17, 15) is 54.9 Å². The van der Waals surface area contributed by atoms with E-state index >= 15 is 0 Å². The van der Waals surface area contributed by atoms with Crippen molar-refractivity contribution in [2.75, 3.05) is 40.8 Å². The number of fused-ring (bicyclic) bond motifs is 3. The van der Waals surface area contributed by atoms with Crippen molar-refractivity contribution in [1.29, 1.82) is 0 Å². The Bertz CT molecular complexity index is 1910. The SMILES string of the molecule is COc1cccc2c1C(=O)c1c(O)c3c(c(O)c1C2=O)CC(O)(C(C)=O)CC3OC1CC(NCC2(O)OC(C(=O)NCCCN(C)C)C(O)C2O)C(O)C(C)O1. The summed E-state index contributed by atoms with van der Waals surface area (Å²) in [7, 11) is 5.05. The summed E-state index contributed by atoms with van der Waals surface area (Å²) in [6.45, 7) is 3.01. The number of aromatic hydroxyl groups is 2. The number of Topliss-reactive ketones (excluding diaryl/α,β-unsaturated/α-hetero) is 1. The molecule has 0 saturated carbocycles. The second-order valence-corrected chi connectivity index (χ2v) is 15.2. The van der Waals surface area contributed by atoms with E-state index in [2.05, 4.69) is 10.6 Å². The maximum absolute atomic E-state index is 13.9. The Labute approximate surface area is 321 Å². The first kappa shape index (κ1) is 41.6. The van der Waals surface area contributed by atoms with Crippen molar-refractivity contribution in [1.82, 2.24) is 15.5 Å². The highest BCUT2D eigenvalue weighted by Gasteiger charge is 2.56. The Hall–Kier alpha value is -4.08. The minimum atomic E-state index is -2.46. The van der Waals surface area contributed by atoms with Gasteiger partial charge in [-0.1, -0.05) is 12.1 Å². The zero-order valence-corrected chi connectivity index (χ0v) is 31.6. The smallest absolute Gasteiger partial charge is 0.252 e. The number of nitrogens with zero attached hydrogens (tertiary/aromatic N) is 1. The first-order valence-electron chi connectivity index (χ1n) is 18.3. The van der Waals surface area contributed by atoms with Crippen LogP contribution in [0.5, 0.6) is 17.2 Å². The molecular formula is C38H49N3O15. The third-order valence-electron chi connectivity index (χ3n) is 11.1. The van der Waals surface area contributed by atoms with Crippen molar-refractivity contribution >= 4 is 23.3 Å². The summed E-state index contributed by atoms with van der Waals surface area (Å²) in [5, 5.41) is 84.0. The molecule has 18 nitrogen and oxygen atoms in total. The second-order valence-electron chi connectivity index (χ2n) is 15.2. The summed E-state index contributed by atoms with van der Waals surface area (Å²) in [6.07, 6.45) is -10.7. The first-order chi connectivity index (χ1) is 26.3. The Morgan fingerprint density at radius 3 is 2.38 bits per heavy atom. The molecule has 0 aromatic heterocycles. The third-order valence-corrected chi connectivity index (χ3v) is 11.1. The number of benzene rings is 2. The summed E-state index contributed by atoms with van der Waals surface area (Å²) < 4.78 is 23.0. The van der Waals surface area contributed by atoms with E-state index in [1.165, 1.54) is 32.2 Å². The van der Waals surface area contributed by atoms with E-state index < -0.39 is 126 Å². The monoisotopic (exact) mass is 787 g/mol. The number of carbonyl (C=O) groups excluding carboxylic acids is 4. The number of ether oxygens (including phenoxy) is 4. The molecule has 4 aliphatic rings. The molecule has 9 N–H and O–H groups in total. The lowest BCUT2D eigenvalue weighted by Crippen LogP contribution is -2.59. The Balaban J connectivity index is 1.24. The zero-order chi connectivity index (χ0) is 41.0. The molecule has 18 heteroatoms. The van der Waals surface area contributed by atoms with E-state index in [1.807, 2.05) is 19.0 Å². The molecule has 2 aliphatic heterocycles. The van der Waals surface area contributed by atoms with E-state index in [4.69, 9.17) is 18.9 Å². The molecule has 2 saturated heterocycles. The van der Waals surface area contributed by atoms with Gasteiger partial charge in [-0.2, -0.15) is 0 Å². The van der Waals surface area contributed by atoms with Gasteiger partial charge in [0.1, 0.15) is 35.1 Å². The van der Waals surface area contributed by atoms with Crippen LogP contribution in [0, 0.1) is 0 Å². The Morgan fingerprint density at radius 1 is 1.02 bits per heavy atom. The number of phenols is 2. The van der Waals surface area contributed by atoms with Gasteiger partial charge in [0.2, 0.25) is 11.6 Å². The number of methoxy groups -OCH3 is 1. The zero-order valence-electron chi connectivity index (χ0n) is 31.6. The van der Waals surface area contributed by atoms with Gasteiger partial charge in [0, 0.05) is 48.5 Å². The number of carbonyl (C=O) groups is 4. The lowest BCUT2D eigenvalue weighted by Gasteiger charge is -2.43. The van der Waals surface area contributed by atoms with Gasteiger partial charge in [-0.25, -0.2) is 0 Å². The number of hydrogen-bond acceptors (Lipinski definition) is 17. The molecule has 2 aliphatic carbocycles. The topological polar surface area (TPSA) is 274 Å². The van der Waals surface area contributed by atoms with Crippen LogP contribution in [-0.4, -0.2) is 159 Å². The van der Waals surface area contributed by atoms with Crippen molar-refractivity contribution < 1.29 is 73.9 Å². The van der Waals surface area contributed by atoms with Crippen LogP contribution in [0.1, 0.15) is 82.2 Å². The van der Waals surface area contributed by atoms with Gasteiger partial charge < -0.3 is 70.2 Å². The van der Waals surface area contributed by atoms with Crippen LogP contribution < -0.4 is 15.4 Å². The molecule has 0 bridgehead atoms. The van der Waals surface area contributed by atoms with Gasteiger partial charge in [0.15, 0.2) is 24.0 Å². The lowest BCUT2D eigenvalue weighted by atomic mass is 9.72. The first-order valence-corrected chi connectivity index (χ1v) is 18.3. The molecule has 1 amide bonds. The van der Waals surface area contributed by atoms with Gasteiger partial charge in [0.05, 0.1) is 48.7 Å². The fraction of sp³-hybridized carbons (Fsp3) is 0.579. The highest BCUT2D eigenvalue weighted by atomic mass is 16.7. The molecular weight excluding hydrogens is 738 g/mol. The highest BCUT2D eigenvalue weighted by molar-refractivity contribution is 6.31. The van der Waals surface area contributed by atoms with Crippen LogP contribution in [0.15, 0.2) is 18.2 Å². The van der Waals surface area contributed by atoms with Crippen molar-refractivity contribution in [2.45, 2.75) is 99.9 Å². The van der Waals surface area contributed by atoms with Crippen LogP contribution in [0.2, 0.25) is 0 Å². The van der Waals surface area contributed by atoms with Gasteiger partial charge >= 0.3 is 0 Å². The van der Waals surface area contributed by atoms with Crippen LogP contribution >= 0.6 is 0 Å². The number of phenolic OH excluding ortho intramolecular Hbond substituents is 2. The molecule has 2 aromatic carbocycles. The molecule has 306 valence electrons. The molecule has 56 heavy (non-hydrogen) atoms. The molecule has 2 fully saturated rings. The average Bonchev–Trinajstić information content (AvgIpc) is 3.37. The predicted octanol–water partition coefficient (Wildman–Crippen LogP) is -1.46. The summed E-state index contributed by atoms with van der Waals surface area (Å²) in [5.41, 5.74) is -3.71. The normalized spacial score (nSPS) is 32.5. The number of hydrogen-bond donors (Lipinski definition) is 9. The fourth-order valence-electron chi connectivity index (χ4n) is 7.96. The van der Waals surface area contributed by atoms with Gasteiger partial charge in [-0.05, 0) is 47.0 Å². The maximum atomic E-state index is 13.9. The molecule has 6 rings (SSSR count). The molecule has 0 radical (unpaired) electrons. The van der Waals surface area contributed by atoms with E-state index in [-0.39, 0.29) is 41.0 Å². The number of aliphatic hydroxyl groups is 5. The minimum absolute atomic E-state index is 0.0626. The highest BCUT2D eigenvalue weighted by Crippen LogP contribution is 2.52. The number of amides is 1. The van der Waals surface area contributed by atoms with E-state index in [1.54, 1.807) is 0 Å². The largest absolute Gasteiger partial charge is 0.507 e. The Morgan fingerprint density at radius 2 is 1.71 bits per heavy atom. The number of aliphatic hydroxyl groups excluding tert-OH is 3. The summed E-state index contributed by atoms with van der Waals surface area (Å²) in [5.74, 6) is -6.86. The van der Waals surface area contributed by atoms with Gasteiger partial charge in [0.25, 0.3) is 5.91 Å². The van der Waals surface area contributed by atoms with Crippen LogP contribution in [-0.2, 0) is 30.2 Å². The Kier molecular flexibility index (Phi) is 11.6. The van der Waals surface area contributed by atoms with Crippen molar-refractivity contribution in [3.63, 3.8) is 0 Å². The van der Waals surface area contributed by atoms with Gasteiger partial charge in [-0.3, -0.25) is 19.2 Å². The lowest BCUT2D eigenvalue weighted by molar-refractivity contribution is -0.255. The third kappa shape index (κ3) is 7.30. The summed E-state index contributed by atoms with van der Waals surface area (Å²) in [6, 6.07) is 3.37.